The first-order chi connectivity index (χ1) is 11.6. The van der Waals surface area contributed by atoms with E-state index in [1.165, 1.54) is 0 Å². The van der Waals surface area contributed by atoms with Crippen molar-refractivity contribution in [3.05, 3.63) is 71.8 Å². The average molecular weight is 340 g/mol. The van der Waals surface area contributed by atoms with E-state index in [9.17, 15) is 19.8 Å². The maximum Gasteiger partial charge on any atom is 0.310 e. The lowest BCUT2D eigenvalue weighted by Gasteiger charge is -2.53. The van der Waals surface area contributed by atoms with Crippen molar-refractivity contribution in [2.75, 3.05) is 0 Å². The lowest BCUT2D eigenvalue weighted by molar-refractivity contribution is -0.162. The van der Waals surface area contributed by atoms with Gasteiger partial charge in [-0.1, -0.05) is 60.7 Å². The van der Waals surface area contributed by atoms with Crippen molar-refractivity contribution >= 4 is 11.9 Å². The Bertz CT molecular complexity index is 693. The largest absolute Gasteiger partial charge is 0.481 e. The topological polar surface area (TPSA) is 74.6 Å². The van der Waals surface area contributed by atoms with E-state index in [0.717, 1.165) is 0 Å². The Balaban J connectivity index is 3.05. The third-order valence-electron chi connectivity index (χ3n) is 5.36. The molecular formula is C21H24O4. The monoisotopic (exact) mass is 340 g/mol. The minimum atomic E-state index is -1.38. The van der Waals surface area contributed by atoms with Crippen molar-refractivity contribution in [3.8, 4) is 0 Å². The van der Waals surface area contributed by atoms with Gasteiger partial charge in [-0.2, -0.15) is 0 Å². The Morgan fingerprint density at radius 2 is 0.920 bits per heavy atom. The molecule has 0 bridgehead atoms. The zero-order valence-corrected chi connectivity index (χ0v) is 15.0. The smallest absolute Gasteiger partial charge is 0.310 e. The van der Waals surface area contributed by atoms with Crippen LogP contribution in [0.25, 0.3) is 0 Å². The Kier molecular flexibility index (Phi) is 4.76. The molecule has 0 radical (unpaired) electrons. The summed E-state index contributed by atoms with van der Waals surface area (Å²) in [4.78, 5) is 24.6. The van der Waals surface area contributed by atoms with Crippen LogP contribution in [0, 0.1) is 10.8 Å². The highest BCUT2D eigenvalue weighted by molar-refractivity contribution is 5.84. The molecule has 0 saturated heterocycles. The predicted octanol–water partition coefficient (Wildman–Crippen LogP) is 4.19. The van der Waals surface area contributed by atoms with E-state index in [1.54, 1.807) is 27.7 Å². The van der Waals surface area contributed by atoms with E-state index >= 15 is 0 Å². The molecule has 4 heteroatoms. The SMILES string of the molecule is CC(C)(C(=O)O)C(c1ccccc1)(c1ccccc1)C(C)(C)C(=O)O. The van der Waals surface area contributed by atoms with Crippen molar-refractivity contribution in [1.29, 1.82) is 0 Å². The number of aliphatic carboxylic acids is 2. The summed E-state index contributed by atoms with van der Waals surface area (Å²) in [6.45, 7) is 6.39. The van der Waals surface area contributed by atoms with Crippen LogP contribution in [0.3, 0.4) is 0 Å². The van der Waals surface area contributed by atoms with Crippen LogP contribution < -0.4 is 0 Å². The lowest BCUT2D eigenvalue weighted by Crippen LogP contribution is -2.59. The van der Waals surface area contributed by atoms with Crippen molar-refractivity contribution < 1.29 is 19.8 Å². The molecule has 0 spiro atoms. The van der Waals surface area contributed by atoms with Crippen LogP contribution in [0.1, 0.15) is 38.8 Å². The van der Waals surface area contributed by atoms with Crippen LogP contribution in [0.5, 0.6) is 0 Å². The molecule has 0 aliphatic heterocycles. The fraction of sp³-hybridized carbons (Fsp3) is 0.333. The standard InChI is InChI=1S/C21H24O4/c1-19(2,17(22)23)21(20(3,4)18(24)25,15-11-7-5-8-12-15)16-13-9-6-10-14-16/h5-14H,1-4H3,(H,22,23)(H,24,25). The third kappa shape index (κ3) is 2.62. The summed E-state index contributed by atoms with van der Waals surface area (Å²) in [7, 11) is 0. The van der Waals surface area contributed by atoms with Gasteiger partial charge in [0.05, 0.1) is 16.2 Å². The fourth-order valence-electron chi connectivity index (χ4n) is 4.09. The summed E-state index contributed by atoms with van der Waals surface area (Å²) in [6, 6.07) is 18.1. The maximum absolute atomic E-state index is 12.3. The van der Waals surface area contributed by atoms with Gasteiger partial charge in [0.2, 0.25) is 0 Å². The first kappa shape index (κ1) is 18.7. The van der Waals surface area contributed by atoms with Gasteiger partial charge in [-0.05, 0) is 38.8 Å². The molecule has 0 unspecified atom stereocenters. The number of carboxylic acids is 2. The van der Waals surface area contributed by atoms with Gasteiger partial charge in [-0.25, -0.2) is 0 Å². The Morgan fingerprint density at radius 3 is 1.16 bits per heavy atom. The molecule has 0 atom stereocenters. The second-order valence-corrected chi connectivity index (χ2v) is 7.34. The summed E-state index contributed by atoms with van der Waals surface area (Å²) >= 11 is 0. The molecular weight excluding hydrogens is 316 g/mol. The number of carboxylic acid groups (broad SMARTS) is 2. The van der Waals surface area contributed by atoms with E-state index < -0.39 is 28.2 Å². The molecule has 4 nitrogen and oxygen atoms in total. The molecule has 2 N–H and O–H groups in total. The highest BCUT2D eigenvalue weighted by Crippen LogP contribution is 2.57. The molecule has 132 valence electrons. The van der Waals surface area contributed by atoms with Gasteiger partial charge in [0.25, 0.3) is 0 Å². The number of hydrogen-bond donors (Lipinski definition) is 2. The van der Waals surface area contributed by atoms with E-state index in [0.29, 0.717) is 11.1 Å². The Morgan fingerprint density at radius 1 is 0.640 bits per heavy atom. The quantitative estimate of drug-likeness (QED) is 0.826. The fourth-order valence-corrected chi connectivity index (χ4v) is 4.09. The minimum absolute atomic E-state index is 0.668. The van der Waals surface area contributed by atoms with Gasteiger partial charge >= 0.3 is 11.9 Å². The van der Waals surface area contributed by atoms with Crippen LogP contribution in [-0.4, -0.2) is 22.2 Å². The van der Waals surface area contributed by atoms with E-state index in [4.69, 9.17) is 0 Å². The molecule has 0 aliphatic rings. The first-order valence-corrected chi connectivity index (χ1v) is 8.18. The van der Waals surface area contributed by atoms with Gasteiger partial charge < -0.3 is 10.2 Å². The van der Waals surface area contributed by atoms with E-state index in [2.05, 4.69) is 0 Å². The van der Waals surface area contributed by atoms with Gasteiger partial charge in [0, 0.05) is 0 Å². The lowest BCUT2D eigenvalue weighted by atomic mass is 9.47. The first-order valence-electron chi connectivity index (χ1n) is 8.18. The predicted molar refractivity (Wildman–Crippen MR) is 96.5 cm³/mol. The molecule has 2 aromatic carbocycles. The zero-order valence-electron chi connectivity index (χ0n) is 15.0. The normalized spacial score (nSPS) is 12.6. The molecule has 25 heavy (non-hydrogen) atoms. The van der Waals surface area contributed by atoms with Crippen molar-refractivity contribution in [3.63, 3.8) is 0 Å². The van der Waals surface area contributed by atoms with Crippen molar-refractivity contribution in [1.82, 2.24) is 0 Å². The number of rotatable bonds is 6. The van der Waals surface area contributed by atoms with E-state index in [-0.39, 0.29) is 0 Å². The zero-order chi connectivity index (χ0) is 18.9. The van der Waals surface area contributed by atoms with Crippen LogP contribution in [0.2, 0.25) is 0 Å². The molecule has 0 aromatic heterocycles. The molecule has 0 fully saturated rings. The number of carbonyl (C=O) groups is 2. The molecule has 0 heterocycles. The summed E-state index contributed by atoms with van der Waals surface area (Å²) in [5.41, 5.74) is -2.70. The Labute approximate surface area is 148 Å². The van der Waals surface area contributed by atoms with Gasteiger partial charge in [-0.3, -0.25) is 9.59 Å². The number of benzene rings is 2. The average Bonchev–Trinajstić information content (AvgIpc) is 2.56. The van der Waals surface area contributed by atoms with Gasteiger partial charge in [0.15, 0.2) is 0 Å². The van der Waals surface area contributed by atoms with Gasteiger partial charge in [-0.15, -0.1) is 0 Å². The van der Waals surface area contributed by atoms with E-state index in [1.807, 2.05) is 60.7 Å². The molecule has 2 rings (SSSR count). The third-order valence-corrected chi connectivity index (χ3v) is 5.36. The second kappa shape index (κ2) is 6.36. The van der Waals surface area contributed by atoms with Crippen LogP contribution in [-0.2, 0) is 15.0 Å². The molecule has 2 aromatic rings. The minimum Gasteiger partial charge on any atom is -0.481 e. The van der Waals surface area contributed by atoms with Crippen LogP contribution >= 0.6 is 0 Å². The van der Waals surface area contributed by atoms with Crippen molar-refractivity contribution in [2.24, 2.45) is 10.8 Å². The molecule has 0 aliphatic carbocycles. The van der Waals surface area contributed by atoms with Crippen LogP contribution in [0.4, 0.5) is 0 Å². The maximum atomic E-state index is 12.3. The highest BCUT2D eigenvalue weighted by atomic mass is 16.4. The van der Waals surface area contributed by atoms with Gasteiger partial charge in [0.1, 0.15) is 0 Å². The second-order valence-electron chi connectivity index (χ2n) is 7.34. The molecule has 0 saturated carbocycles. The summed E-state index contributed by atoms with van der Waals surface area (Å²) in [5, 5.41) is 20.1. The Hall–Kier alpha value is -2.62. The van der Waals surface area contributed by atoms with Crippen molar-refractivity contribution in [2.45, 2.75) is 33.1 Å². The highest BCUT2D eigenvalue weighted by Gasteiger charge is 2.63. The summed E-state index contributed by atoms with van der Waals surface area (Å²) < 4.78 is 0. The summed E-state index contributed by atoms with van der Waals surface area (Å²) in [6.07, 6.45) is 0. The summed E-state index contributed by atoms with van der Waals surface area (Å²) in [5.74, 6) is -2.09. The van der Waals surface area contributed by atoms with Crippen LogP contribution in [0.15, 0.2) is 60.7 Å². The number of hydrogen-bond acceptors (Lipinski definition) is 2. The molecule has 0 amide bonds.